The number of hydrogen-bond donors (Lipinski definition) is 0. The molecule has 2 aromatic rings. The molecule has 2 heterocycles. The zero-order valence-electron chi connectivity index (χ0n) is 9.73. The van der Waals surface area contributed by atoms with Crippen LogP contribution in [0.4, 0.5) is 0 Å². The maximum Gasteiger partial charge on any atom is 0.237 e. The lowest BCUT2D eigenvalue weighted by atomic mass is 10.2. The SMILES string of the molecule is [Br-].c1ccc(-c2csc3[n+]2CCCCC3)cc1. The molecule has 0 saturated carbocycles. The van der Waals surface area contributed by atoms with Gasteiger partial charge in [0.2, 0.25) is 10.7 Å². The highest BCUT2D eigenvalue weighted by Gasteiger charge is 2.22. The van der Waals surface area contributed by atoms with E-state index < -0.39 is 0 Å². The third-order valence-corrected chi connectivity index (χ3v) is 4.28. The summed E-state index contributed by atoms with van der Waals surface area (Å²) in [5, 5.41) is 3.87. The van der Waals surface area contributed by atoms with Gasteiger partial charge in [0.25, 0.3) is 0 Å². The Morgan fingerprint density at radius 1 is 1.00 bits per heavy atom. The zero-order chi connectivity index (χ0) is 10.8. The third kappa shape index (κ3) is 2.61. The minimum atomic E-state index is 0. The van der Waals surface area contributed by atoms with Crippen molar-refractivity contribution in [2.75, 3.05) is 0 Å². The van der Waals surface area contributed by atoms with Crippen LogP contribution in [0.15, 0.2) is 35.7 Å². The van der Waals surface area contributed by atoms with Gasteiger partial charge in [0, 0.05) is 18.4 Å². The van der Waals surface area contributed by atoms with Gasteiger partial charge in [0.1, 0.15) is 6.54 Å². The molecule has 0 unspecified atom stereocenters. The molecular formula is C14H16BrNS. The smallest absolute Gasteiger partial charge is 0.237 e. The molecule has 1 aromatic heterocycles. The Morgan fingerprint density at radius 3 is 2.65 bits per heavy atom. The highest BCUT2D eigenvalue weighted by molar-refractivity contribution is 7.09. The van der Waals surface area contributed by atoms with Gasteiger partial charge < -0.3 is 17.0 Å². The van der Waals surface area contributed by atoms with Crippen molar-refractivity contribution in [1.82, 2.24) is 0 Å². The van der Waals surface area contributed by atoms with E-state index in [1.807, 2.05) is 11.3 Å². The monoisotopic (exact) mass is 309 g/mol. The quantitative estimate of drug-likeness (QED) is 0.673. The lowest BCUT2D eigenvalue weighted by Crippen LogP contribution is -3.00. The van der Waals surface area contributed by atoms with Gasteiger partial charge in [-0.1, -0.05) is 29.5 Å². The van der Waals surface area contributed by atoms with Crippen LogP contribution in [0.1, 0.15) is 24.3 Å². The molecule has 0 amide bonds. The van der Waals surface area contributed by atoms with E-state index in [1.54, 1.807) is 5.01 Å². The Labute approximate surface area is 117 Å². The van der Waals surface area contributed by atoms with Gasteiger partial charge in [-0.2, -0.15) is 4.57 Å². The van der Waals surface area contributed by atoms with Crippen LogP contribution < -0.4 is 21.5 Å². The number of aryl methyl sites for hydroxylation is 1. The summed E-state index contributed by atoms with van der Waals surface area (Å²) in [4.78, 5) is 0. The lowest BCUT2D eigenvalue weighted by molar-refractivity contribution is -0.687. The van der Waals surface area contributed by atoms with Crippen molar-refractivity contribution in [3.05, 3.63) is 40.7 Å². The highest BCUT2D eigenvalue weighted by Crippen LogP contribution is 2.23. The van der Waals surface area contributed by atoms with E-state index >= 15 is 0 Å². The topological polar surface area (TPSA) is 3.88 Å². The van der Waals surface area contributed by atoms with Crippen molar-refractivity contribution in [1.29, 1.82) is 0 Å². The summed E-state index contributed by atoms with van der Waals surface area (Å²) in [6.45, 7) is 1.20. The summed E-state index contributed by atoms with van der Waals surface area (Å²) in [6.07, 6.45) is 5.32. The van der Waals surface area contributed by atoms with Crippen LogP contribution in [0.5, 0.6) is 0 Å². The van der Waals surface area contributed by atoms with Gasteiger partial charge in [-0.25, -0.2) is 0 Å². The molecule has 0 bridgehead atoms. The number of benzene rings is 1. The first-order chi connectivity index (χ1) is 7.95. The Balaban J connectivity index is 0.00000108. The standard InChI is InChI=1S/C14H16NS.BrH/c1-3-7-12(8-4-1)13-11-16-14-9-5-2-6-10-15(13)14;/h1,3-4,7-8,11H,2,5-6,9-10H2;1H/q+1;/p-1. The molecule has 1 aliphatic rings. The zero-order valence-corrected chi connectivity index (χ0v) is 12.1. The predicted octanol–water partition coefficient (Wildman–Crippen LogP) is 0.433. The van der Waals surface area contributed by atoms with Gasteiger partial charge in [-0.15, -0.1) is 0 Å². The van der Waals surface area contributed by atoms with Gasteiger partial charge in [0.05, 0.1) is 5.38 Å². The fourth-order valence-corrected chi connectivity index (χ4v) is 3.47. The molecule has 0 fully saturated rings. The Kier molecular flexibility index (Phi) is 4.35. The van der Waals surface area contributed by atoms with Crippen LogP contribution in [-0.4, -0.2) is 0 Å². The number of aromatic nitrogens is 1. The molecule has 0 radical (unpaired) electrons. The lowest BCUT2D eigenvalue weighted by Gasteiger charge is -1.98. The first-order valence-electron chi connectivity index (χ1n) is 6.01. The van der Waals surface area contributed by atoms with Crippen molar-refractivity contribution >= 4 is 11.3 Å². The van der Waals surface area contributed by atoms with Crippen molar-refractivity contribution in [2.45, 2.75) is 32.2 Å². The Hall–Kier alpha value is -0.670. The fourth-order valence-electron chi connectivity index (χ4n) is 2.38. The summed E-state index contributed by atoms with van der Waals surface area (Å²) in [7, 11) is 0. The van der Waals surface area contributed by atoms with Crippen LogP contribution in [0.25, 0.3) is 11.3 Å². The van der Waals surface area contributed by atoms with Crippen LogP contribution in [-0.2, 0) is 13.0 Å². The number of hydrogen-bond acceptors (Lipinski definition) is 1. The van der Waals surface area contributed by atoms with Crippen LogP contribution >= 0.6 is 11.3 Å². The number of rotatable bonds is 1. The van der Waals surface area contributed by atoms with Crippen molar-refractivity contribution in [3.8, 4) is 11.3 Å². The fraction of sp³-hybridized carbons (Fsp3) is 0.357. The minimum absolute atomic E-state index is 0. The molecule has 1 nitrogen and oxygen atoms in total. The van der Waals surface area contributed by atoms with Crippen molar-refractivity contribution in [2.24, 2.45) is 0 Å². The maximum atomic E-state index is 2.52. The van der Waals surface area contributed by atoms with E-state index in [4.69, 9.17) is 0 Å². The maximum absolute atomic E-state index is 2.52. The molecule has 17 heavy (non-hydrogen) atoms. The van der Waals surface area contributed by atoms with Gasteiger partial charge in [-0.3, -0.25) is 0 Å². The van der Waals surface area contributed by atoms with Gasteiger partial charge in [-0.05, 0) is 25.0 Å². The second kappa shape index (κ2) is 5.78. The molecule has 0 aliphatic carbocycles. The summed E-state index contributed by atoms with van der Waals surface area (Å²) in [5.41, 5.74) is 2.76. The predicted molar refractivity (Wildman–Crippen MR) is 67.5 cm³/mol. The molecule has 3 heteroatoms. The van der Waals surface area contributed by atoms with Crippen LogP contribution in [0.2, 0.25) is 0 Å². The van der Waals surface area contributed by atoms with Gasteiger partial charge in [0.15, 0.2) is 0 Å². The molecule has 90 valence electrons. The largest absolute Gasteiger partial charge is 1.00 e. The van der Waals surface area contributed by atoms with E-state index in [9.17, 15) is 0 Å². The summed E-state index contributed by atoms with van der Waals surface area (Å²) in [6, 6.07) is 10.7. The van der Waals surface area contributed by atoms with Crippen molar-refractivity contribution < 1.29 is 21.5 Å². The molecular weight excluding hydrogens is 294 g/mol. The van der Waals surface area contributed by atoms with E-state index in [0.29, 0.717) is 0 Å². The first-order valence-corrected chi connectivity index (χ1v) is 6.89. The van der Waals surface area contributed by atoms with Crippen LogP contribution in [0, 0.1) is 0 Å². The first kappa shape index (κ1) is 12.8. The number of halogens is 1. The minimum Gasteiger partial charge on any atom is -1.00 e. The summed E-state index contributed by atoms with van der Waals surface area (Å²) < 4.78 is 2.52. The van der Waals surface area contributed by atoms with E-state index in [0.717, 1.165) is 0 Å². The molecule has 0 atom stereocenters. The number of fused-ring (bicyclic) bond motifs is 1. The normalized spacial score (nSPS) is 14.6. The van der Waals surface area contributed by atoms with E-state index in [1.165, 1.54) is 43.5 Å². The molecule has 0 N–H and O–H groups in total. The van der Waals surface area contributed by atoms with E-state index in [-0.39, 0.29) is 17.0 Å². The average Bonchev–Trinajstić information content (AvgIpc) is 2.60. The Morgan fingerprint density at radius 2 is 1.82 bits per heavy atom. The number of nitrogens with zero attached hydrogens (tertiary/aromatic N) is 1. The third-order valence-electron chi connectivity index (χ3n) is 3.24. The highest BCUT2D eigenvalue weighted by atomic mass is 79.9. The second-order valence-electron chi connectivity index (χ2n) is 4.34. The summed E-state index contributed by atoms with van der Waals surface area (Å²) >= 11 is 1.92. The van der Waals surface area contributed by atoms with Crippen LogP contribution in [0.3, 0.4) is 0 Å². The molecule has 3 rings (SSSR count). The molecule has 1 aliphatic heterocycles. The molecule has 0 saturated heterocycles. The number of thiazole rings is 1. The average molecular weight is 310 g/mol. The van der Waals surface area contributed by atoms with E-state index in [2.05, 4.69) is 40.3 Å². The Bertz CT molecular complexity index is 478. The summed E-state index contributed by atoms with van der Waals surface area (Å²) in [5.74, 6) is 0. The van der Waals surface area contributed by atoms with Gasteiger partial charge >= 0.3 is 0 Å². The second-order valence-corrected chi connectivity index (χ2v) is 5.29. The molecule has 0 spiro atoms. The molecule has 1 aromatic carbocycles. The van der Waals surface area contributed by atoms with Crippen molar-refractivity contribution in [3.63, 3.8) is 0 Å².